The summed E-state index contributed by atoms with van der Waals surface area (Å²) in [6, 6.07) is 13.1. The second-order valence-electron chi connectivity index (χ2n) is 6.87. The summed E-state index contributed by atoms with van der Waals surface area (Å²) in [6.45, 7) is 6.74. The van der Waals surface area contributed by atoms with Crippen LogP contribution in [0.3, 0.4) is 0 Å². The van der Waals surface area contributed by atoms with E-state index in [1.54, 1.807) is 18.2 Å². The van der Waals surface area contributed by atoms with Gasteiger partial charge in [-0.05, 0) is 48.6 Å². The molecule has 0 aliphatic carbocycles. The topological polar surface area (TPSA) is 73.9 Å². The molecule has 2 rings (SSSR count). The number of amides is 1. The van der Waals surface area contributed by atoms with Crippen LogP contribution in [0.15, 0.2) is 42.5 Å². The first-order chi connectivity index (χ1) is 13.9. The van der Waals surface area contributed by atoms with Crippen LogP contribution in [0, 0.1) is 0 Å². The Labute approximate surface area is 172 Å². The monoisotopic (exact) mass is 399 g/mol. The van der Waals surface area contributed by atoms with Crippen LogP contribution in [-0.4, -0.2) is 38.7 Å². The lowest BCUT2D eigenvalue weighted by Gasteiger charge is -2.11. The van der Waals surface area contributed by atoms with Crippen LogP contribution in [0.4, 0.5) is 0 Å². The standard InChI is InChI=1S/C23H29NO5/c1-5-28-21-14-19(10-11-20(21)27-4)23(26)29-15-22(25)24-13-12-17-6-8-18(9-7-17)16(2)3/h6-11,14,16H,5,12-13,15H2,1-4H3,(H,24,25). The predicted octanol–water partition coefficient (Wildman–Crippen LogP) is 3.73. The summed E-state index contributed by atoms with van der Waals surface area (Å²) in [5.74, 6) is 0.553. The Balaban J connectivity index is 1.78. The summed E-state index contributed by atoms with van der Waals surface area (Å²) < 4.78 is 15.7. The molecule has 1 amide bonds. The molecule has 2 aromatic carbocycles. The molecule has 29 heavy (non-hydrogen) atoms. The molecule has 0 aliphatic heterocycles. The van der Waals surface area contributed by atoms with Gasteiger partial charge in [0.1, 0.15) is 0 Å². The van der Waals surface area contributed by atoms with Crippen LogP contribution in [0.5, 0.6) is 11.5 Å². The van der Waals surface area contributed by atoms with Crippen LogP contribution in [-0.2, 0) is 16.0 Å². The highest BCUT2D eigenvalue weighted by molar-refractivity contribution is 5.92. The summed E-state index contributed by atoms with van der Waals surface area (Å²) in [6.07, 6.45) is 0.717. The number of hydrogen-bond acceptors (Lipinski definition) is 5. The second-order valence-corrected chi connectivity index (χ2v) is 6.87. The van der Waals surface area contributed by atoms with Crippen molar-refractivity contribution >= 4 is 11.9 Å². The highest BCUT2D eigenvalue weighted by atomic mass is 16.5. The first kappa shape index (κ1) is 22.3. The second kappa shape index (κ2) is 11.1. The molecular weight excluding hydrogens is 370 g/mol. The molecule has 0 saturated carbocycles. The van der Waals surface area contributed by atoms with Gasteiger partial charge >= 0.3 is 5.97 Å². The predicted molar refractivity (Wildman–Crippen MR) is 112 cm³/mol. The molecule has 0 saturated heterocycles. The molecule has 2 aromatic rings. The zero-order chi connectivity index (χ0) is 21.2. The number of ether oxygens (including phenoxy) is 3. The maximum atomic E-state index is 12.2. The number of hydrogen-bond donors (Lipinski definition) is 1. The van der Waals surface area contributed by atoms with Crippen molar-refractivity contribution in [3.05, 3.63) is 59.2 Å². The molecule has 6 heteroatoms. The molecule has 156 valence electrons. The van der Waals surface area contributed by atoms with Gasteiger partial charge < -0.3 is 19.5 Å². The van der Waals surface area contributed by atoms with Gasteiger partial charge in [-0.15, -0.1) is 0 Å². The van der Waals surface area contributed by atoms with Crippen LogP contribution >= 0.6 is 0 Å². The van der Waals surface area contributed by atoms with Gasteiger partial charge in [0.2, 0.25) is 0 Å². The molecule has 6 nitrogen and oxygen atoms in total. The van der Waals surface area contributed by atoms with E-state index in [0.29, 0.717) is 42.6 Å². The number of nitrogens with one attached hydrogen (secondary N) is 1. The average Bonchev–Trinajstić information content (AvgIpc) is 2.72. The van der Waals surface area contributed by atoms with Crippen LogP contribution in [0.1, 0.15) is 48.2 Å². The normalized spacial score (nSPS) is 10.5. The molecule has 0 bridgehead atoms. The molecule has 1 N–H and O–H groups in total. The van der Waals surface area contributed by atoms with Crippen molar-refractivity contribution in [2.24, 2.45) is 0 Å². The Morgan fingerprint density at radius 2 is 1.76 bits per heavy atom. The number of carbonyl (C=O) groups excluding carboxylic acids is 2. The van der Waals surface area contributed by atoms with Gasteiger partial charge in [-0.1, -0.05) is 38.1 Å². The summed E-state index contributed by atoms with van der Waals surface area (Å²) in [5.41, 5.74) is 2.73. The summed E-state index contributed by atoms with van der Waals surface area (Å²) >= 11 is 0. The largest absolute Gasteiger partial charge is 0.493 e. The summed E-state index contributed by atoms with van der Waals surface area (Å²) in [5, 5.41) is 2.76. The van der Waals surface area contributed by atoms with Gasteiger partial charge in [0.15, 0.2) is 18.1 Å². The molecule has 0 fully saturated rings. The van der Waals surface area contributed by atoms with E-state index < -0.39 is 5.97 Å². The summed E-state index contributed by atoms with van der Waals surface area (Å²) in [4.78, 5) is 24.1. The lowest BCUT2D eigenvalue weighted by atomic mass is 10.0. The fraction of sp³-hybridized carbons (Fsp3) is 0.391. The van der Waals surface area contributed by atoms with Gasteiger partial charge in [0, 0.05) is 6.54 Å². The lowest BCUT2D eigenvalue weighted by Crippen LogP contribution is -2.30. The Hall–Kier alpha value is -3.02. The zero-order valence-corrected chi connectivity index (χ0v) is 17.5. The maximum Gasteiger partial charge on any atom is 0.338 e. The van der Waals surface area contributed by atoms with E-state index in [9.17, 15) is 9.59 Å². The lowest BCUT2D eigenvalue weighted by molar-refractivity contribution is -0.124. The van der Waals surface area contributed by atoms with Crippen molar-refractivity contribution in [3.63, 3.8) is 0 Å². The van der Waals surface area contributed by atoms with Gasteiger partial charge in [-0.3, -0.25) is 4.79 Å². The summed E-state index contributed by atoms with van der Waals surface area (Å²) in [7, 11) is 1.53. The molecule has 0 heterocycles. The number of esters is 1. The highest BCUT2D eigenvalue weighted by Gasteiger charge is 2.14. The maximum absolute atomic E-state index is 12.2. The van der Waals surface area contributed by atoms with E-state index in [0.717, 1.165) is 5.56 Å². The third-order valence-corrected chi connectivity index (χ3v) is 4.42. The van der Waals surface area contributed by atoms with E-state index in [1.807, 2.05) is 6.92 Å². The van der Waals surface area contributed by atoms with Crippen LogP contribution < -0.4 is 14.8 Å². The third kappa shape index (κ3) is 6.82. The Kier molecular flexibility index (Phi) is 8.52. The van der Waals surface area contributed by atoms with Gasteiger partial charge in [-0.2, -0.15) is 0 Å². The van der Waals surface area contributed by atoms with Crippen LogP contribution in [0.2, 0.25) is 0 Å². The van der Waals surface area contributed by atoms with Crippen molar-refractivity contribution in [1.82, 2.24) is 5.32 Å². The molecule has 0 spiro atoms. The Morgan fingerprint density at radius 3 is 2.38 bits per heavy atom. The van der Waals surface area contributed by atoms with Gasteiger partial charge in [-0.25, -0.2) is 4.79 Å². The van der Waals surface area contributed by atoms with E-state index in [1.165, 1.54) is 12.7 Å². The average molecular weight is 399 g/mol. The SMILES string of the molecule is CCOc1cc(C(=O)OCC(=O)NCCc2ccc(C(C)C)cc2)ccc1OC. The fourth-order valence-corrected chi connectivity index (χ4v) is 2.75. The van der Waals surface area contributed by atoms with E-state index >= 15 is 0 Å². The minimum absolute atomic E-state index is 0.298. The Morgan fingerprint density at radius 1 is 1.03 bits per heavy atom. The minimum Gasteiger partial charge on any atom is -0.493 e. The van der Waals surface area contributed by atoms with Crippen LogP contribution in [0.25, 0.3) is 0 Å². The third-order valence-electron chi connectivity index (χ3n) is 4.42. The van der Waals surface area contributed by atoms with Crippen molar-refractivity contribution in [2.45, 2.75) is 33.1 Å². The van der Waals surface area contributed by atoms with Crippen molar-refractivity contribution < 1.29 is 23.8 Å². The van der Waals surface area contributed by atoms with Gasteiger partial charge in [0.05, 0.1) is 19.3 Å². The van der Waals surface area contributed by atoms with Gasteiger partial charge in [0.25, 0.3) is 5.91 Å². The number of carbonyl (C=O) groups is 2. The van der Waals surface area contributed by atoms with Crippen molar-refractivity contribution in [1.29, 1.82) is 0 Å². The highest BCUT2D eigenvalue weighted by Crippen LogP contribution is 2.28. The minimum atomic E-state index is -0.590. The smallest absolute Gasteiger partial charge is 0.338 e. The quantitative estimate of drug-likeness (QED) is 0.616. The molecular formula is C23H29NO5. The van der Waals surface area contributed by atoms with E-state index in [2.05, 4.69) is 43.4 Å². The molecule has 0 aliphatic rings. The van der Waals surface area contributed by atoms with Crippen molar-refractivity contribution in [2.75, 3.05) is 26.9 Å². The molecule has 0 aromatic heterocycles. The molecule has 0 atom stereocenters. The van der Waals surface area contributed by atoms with E-state index in [-0.39, 0.29) is 12.5 Å². The number of benzene rings is 2. The van der Waals surface area contributed by atoms with E-state index in [4.69, 9.17) is 14.2 Å². The molecule has 0 radical (unpaired) electrons. The zero-order valence-electron chi connectivity index (χ0n) is 17.5. The first-order valence-electron chi connectivity index (χ1n) is 9.78. The fourth-order valence-electron chi connectivity index (χ4n) is 2.75. The number of methoxy groups -OCH3 is 1. The first-order valence-corrected chi connectivity index (χ1v) is 9.78. The van der Waals surface area contributed by atoms with Crippen molar-refractivity contribution in [3.8, 4) is 11.5 Å². The number of rotatable bonds is 10. The molecule has 0 unspecified atom stereocenters. The Bertz CT molecular complexity index is 815.